The molecule has 2 saturated carbocycles. The molecule has 0 spiro atoms. The van der Waals surface area contributed by atoms with E-state index in [4.69, 9.17) is 5.73 Å². The van der Waals surface area contributed by atoms with Gasteiger partial charge in [0.25, 0.3) is 0 Å². The molecule has 4 rings (SSSR count). The Labute approximate surface area is 202 Å². The first-order valence-electron chi connectivity index (χ1n) is 11.8. The van der Waals surface area contributed by atoms with E-state index in [0.29, 0.717) is 17.9 Å². The summed E-state index contributed by atoms with van der Waals surface area (Å²) in [5, 5.41) is 4.53. The van der Waals surface area contributed by atoms with Gasteiger partial charge in [0.05, 0.1) is 11.1 Å². The Hall–Kier alpha value is -1.96. The maximum Gasteiger partial charge on any atom is 0.223 e. The van der Waals surface area contributed by atoms with E-state index in [1.165, 1.54) is 24.8 Å². The number of amides is 1. The number of hydrogen-bond donors (Lipinski definition) is 3. The Morgan fingerprint density at radius 2 is 1.97 bits per heavy atom. The van der Waals surface area contributed by atoms with Crippen LogP contribution in [0.1, 0.15) is 53.4 Å². The number of benzene rings is 1. The molecule has 1 aromatic heterocycles. The van der Waals surface area contributed by atoms with Crippen LogP contribution in [0, 0.1) is 23.2 Å². The number of para-hydroxylation sites is 1. The van der Waals surface area contributed by atoms with Gasteiger partial charge >= 0.3 is 0 Å². The van der Waals surface area contributed by atoms with Crippen LogP contribution in [0.5, 0.6) is 0 Å². The minimum Gasteiger partial charge on any atom is -0.369 e. The molecule has 2 bridgehead atoms. The largest absolute Gasteiger partial charge is 0.369 e. The number of nitrogens with two attached hydrogens (primary N) is 1. The van der Waals surface area contributed by atoms with E-state index in [1.807, 2.05) is 51.2 Å². The lowest BCUT2D eigenvalue weighted by atomic mass is 9.57. The van der Waals surface area contributed by atoms with E-state index in [2.05, 4.69) is 28.9 Å². The molecule has 0 radical (unpaired) electrons. The van der Waals surface area contributed by atoms with Crippen molar-refractivity contribution in [3.05, 3.63) is 36.5 Å². The Balaban J connectivity index is 0.000000186. The molecule has 2 aliphatic carbocycles. The molecule has 5 unspecified atom stereocenters. The van der Waals surface area contributed by atoms with Crippen molar-refractivity contribution < 1.29 is 9.59 Å². The number of carbonyl (C=O) groups excluding carboxylic acids is 2. The van der Waals surface area contributed by atoms with Gasteiger partial charge in [0.2, 0.25) is 5.91 Å². The van der Waals surface area contributed by atoms with E-state index in [1.54, 1.807) is 6.20 Å². The molecule has 0 aliphatic heterocycles. The van der Waals surface area contributed by atoms with Crippen LogP contribution in [-0.2, 0) is 9.59 Å². The fraction of sp³-hybridized carbons (Fsp3) is 0.577. The van der Waals surface area contributed by atoms with Crippen LogP contribution in [0.15, 0.2) is 41.4 Å². The fourth-order valence-corrected chi connectivity index (χ4v) is 6.41. The fourth-order valence-electron chi connectivity index (χ4n) is 5.57. The third-order valence-electron chi connectivity index (χ3n) is 7.16. The second kappa shape index (κ2) is 10.5. The summed E-state index contributed by atoms with van der Waals surface area (Å²) in [6.45, 7) is 8.06. The number of rotatable bonds is 6. The highest BCUT2D eigenvalue weighted by Gasteiger charge is 2.47. The Bertz CT molecular complexity index is 974. The summed E-state index contributed by atoms with van der Waals surface area (Å²) in [5.74, 6) is 1.96. The van der Waals surface area contributed by atoms with Gasteiger partial charge in [0.15, 0.2) is 0 Å². The van der Waals surface area contributed by atoms with Gasteiger partial charge in [-0.2, -0.15) is 0 Å². The number of primary amides is 1. The van der Waals surface area contributed by atoms with Crippen molar-refractivity contribution in [1.29, 1.82) is 0 Å². The first-order valence-corrected chi connectivity index (χ1v) is 12.6. The molecule has 33 heavy (non-hydrogen) atoms. The molecule has 2 aliphatic rings. The Morgan fingerprint density at radius 3 is 2.64 bits per heavy atom. The zero-order valence-corrected chi connectivity index (χ0v) is 21.2. The summed E-state index contributed by atoms with van der Waals surface area (Å²) in [5.41, 5.74) is 5.72. The highest BCUT2D eigenvalue weighted by atomic mass is 32.2. The number of carbonyl (C=O) groups is 2. The number of pyridine rings is 1. The predicted octanol–water partition coefficient (Wildman–Crippen LogP) is 4.33. The second-order valence-corrected chi connectivity index (χ2v) is 11.4. The Kier molecular flexibility index (Phi) is 8.19. The maximum atomic E-state index is 11.6. The average Bonchev–Trinajstić information content (AvgIpc) is 2.78. The molecule has 2 fully saturated rings. The highest BCUT2D eigenvalue weighted by Crippen LogP contribution is 2.50. The van der Waals surface area contributed by atoms with Crippen molar-refractivity contribution in [1.82, 2.24) is 15.0 Å². The molecule has 180 valence electrons. The summed E-state index contributed by atoms with van der Waals surface area (Å²) < 4.78 is 3.13. The van der Waals surface area contributed by atoms with Crippen LogP contribution in [0.25, 0.3) is 10.9 Å². The van der Waals surface area contributed by atoms with Gasteiger partial charge in [-0.25, -0.2) is 4.72 Å². The Morgan fingerprint density at radius 1 is 1.24 bits per heavy atom. The molecular weight excluding hydrogens is 432 g/mol. The first kappa shape index (κ1) is 25.7. The van der Waals surface area contributed by atoms with Crippen molar-refractivity contribution >= 4 is 35.0 Å². The van der Waals surface area contributed by atoms with Crippen LogP contribution in [0.2, 0.25) is 0 Å². The van der Waals surface area contributed by atoms with Crippen LogP contribution in [0.3, 0.4) is 0 Å². The summed E-state index contributed by atoms with van der Waals surface area (Å²) >= 11 is 1.44. The number of nitrogens with one attached hydrogen (secondary N) is 2. The summed E-state index contributed by atoms with van der Waals surface area (Å²) in [6.07, 6.45) is 7.16. The quantitative estimate of drug-likeness (QED) is 0.429. The number of aldehydes is 1. The standard InChI is InChI=1S/C13H14N2OS.C13H24N2O/c1-13(2,9-16)15-17-11-7-3-5-10-6-4-8-14-12(10)11;1-8-4-9-5-10(11(8)15-3)7-13(2,6-9)12(14)16/h3-9,15H,1-2H3;8-11,15H,4-7H2,1-3H3,(H2,14,16). The zero-order valence-electron chi connectivity index (χ0n) is 20.4. The lowest BCUT2D eigenvalue weighted by Crippen LogP contribution is -2.52. The van der Waals surface area contributed by atoms with Crippen LogP contribution >= 0.6 is 11.9 Å². The molecular formula is C26H38N4O2S. The minimum absolute atomic E-state index is 0.105. The molecule has 2 aromatic rings. The summed E-state index contributed by atoms with van der Waals surface area (Å²) in [4.78, 5) is 27.8. The number of nitrogens with zero attached hydrogens (tertiary/aromatic N) is 1. The molecule has 7 heteroatoms. The van der Waals surface area contributed by atoms with Crippen LogP contribution in [-0.4, -0.2) is 35.8 Å². The summed E-state index contributed by atoms with van der Waals surface area (Å²) in [7, 11) is 2.04. The third kappa shape index (κ3) is 6.14. The van der Waals surface area contributed by atoms with E-state index in [-0.39, 0.29) is 11.3 Å². The molecule has 1 aromatic carbocycles. The lowest BCUT2D eigenvalue weighted by molar-refractivity contribution is -0.132. The van der Waals surface area contributed by atoms with Crippen LogP contribution in [0.4, 0.5) is 0 Å². The normalized spacial score (nSPS) is 29.1. The van der Waals surface area contributed by atoms with Gasteiger partial charge in [-0.05, 0) is 88.4 Å². The van der Waals surface area contributed by atoms with Gasteiger partial charge in [0.1, 0.15) is 6.29 Å². The van der Waals surface area contributed by atoms with Crippen molar-refractivity contribution in [3.8, 4) is 0 Å². The molecule has 1 amide bonds. The number of aromatic nitrogens is 1. The number of hydrogen-bond acceptors (Lipinski definition) is 6. The van der Waals surface area contributed by atoms with Crippen molar-refractivity contribution in [2.45, 2.75) is 69.9 Å². The minimum atomic E-state index is -0.540. The summed E-state index contributed by atoms with van der Waals surface area (Å²) in [6, 6.07) is 10.5. The van der Waals surface area contributed by atoms with E-state index in [9.17, 15) is 9.59 Å². The van der Waals surface area contributed by atoms with Gasteiger partial charge < -0.3 is 15.8 Å². The maximum absolute atomic E-state index is 11.6. The topological polar surface area (TPSA) is 97.1 Å². The molecule has 0 saturated heterocycles. The second-order valence-electron chi connectivity index (χ2n) is 10.6. The number of fused-ring (bicyclic) bond motifs is 3. The smallest absolute Gasteiger partial charge is 0.223 e. The lowest BCUT2D eigenvalue weighted by Gasteiger charge is -2.49. The molecule has 6 nitrogen and oxygen atoms in total. The molecule has 1 heterocycles. The first-order chi connectivity index (χ1) is 15.6. The van der Waals surface area contributed by atoms with Crippen LogP contribution < -0.4 is 15.8 Å². The SMILES string of the molecule is CC(C)(C=O)NSc1cccc2cccnc12.CNC1C(C)CC2CC1CC(C)(C(N)=O)C2. The average molecular weight is 471 g/mol. The van der Waals surface area contributed by atoms with Gasteiger partial charge in [-0.1, -0.05) is 32.0 Å². The highest BCUT2D eigenvalue weighted by molar-refractivity contribution is 7.97. The van der Waals surface area contributed by atoms with Gasteiger partial charge in [0, 0.05) is 27.9 Å². The molecule has 4 N–H and O–H groups in total. The van der Waals surface area contributed by atoms with Crippen molar-refractivity contribution in [2.24, 2.45) is 28.9 Å². The van der Waals surface area contributed by atoms with Crippen molar-refractivity contribution in [3.63, 3.8) is 0 Å². The third-order valence-corrected chi connectivity index (χ3v) is 8.33. The monoisotopic (exact) mass is 470 g/mol. The molecule has 5 atom stereocenters. The van der Waals surface area contributed by atoms with Crippen molar-refractivity contribution in [2.75, 3.05) is 7.05 Å². The predicted molar refractivity (Wildman–Crippen MR) is 136 cm³/mol. The van der Waals surface area contributed by atoms with E-state index >= 15 is 0 Å². The van der Waals surface area contributed by atoms with Gasteiger partial charge in [-0.15, -0.1) is 0 Å². The zero-order chi connectivity index (χ0) is 24.2. The van der Waals surface area contributed by atoms with E-state index < -0.39 is 5.54 Å². The van der Waals surface area contributed by atoms with E-state index in [0.717, 1.165) is 40.8 Å². The van der Waals surface area contributed by atoms with Gasteiger partial charge in [-0.3, -0.25) is 9.78 Å².